The summed E-state index contributed by atoms with van der Waals surface area (Å²) in [5.74, 6) is -0.0920. The lowest BCUT2D eigenvalue weighted by Gasteiger charge is -2.33. The Kier molecular flexibility index (Phi) is 7.03. The van der Waals surface area contributed by atoms with Crippen LogP contribution >= 0.6 is 0 Å². The Morgan fingerprint density at radius 3 is 2.47 bits per heavy atom. The molecule has 0 aromatic carbocycles. The van der Waals surface area contributed by atoms with Crippen molar-refractivity contribution in [3.05, 3.63) is 12.7 Å². The highest BCUT2D eigenvalue weighted by atomic mass is 16.3. The summed E-state index contributed by atoms with van der Waals surface area (Å²) in [5, 5.41) is 21.1. The molecule has 1 atom stereocenters. The minimum Gasteiger partial charge on any atom is -0.396 e. The molecule has 5 heteroatoms. The van der Waals surface area contributed by atoms with Gasteiger partial charge >= 0.3 is 0 Å². The molecule has 3 N–H and O–H groups in total. The fraction of sp³-hybridized carbons (Fsp3) is 0.750. The number of nitrogens with zero attached hydrogens (tertiary/aromatic N) is 1. The van der Waals surface area contributed by atoms with Crippen molar-refractivity contribution < 1.29 is 15.0 Å². The summed E-state index contributed by atoms with van der Waals surface area (Å²) in [5.41, 5.74) is -0.596. The molecule has 0 heterocycles. The third-order valence-electron chi connectivity index (χ3n) is 2.86. The first-order valence-corrected chi connectivity index (χ1v) is 5.70. The first-order valence-electron chi connectivity index (χ1n) is 5.70. The number of amides is 1. The average molecular weight is 244 g/mol. The molecule has 0 aliphatic rings. The van der Waals surface area contributed by atoms with Gasteiger partial charge in [-0.3, -0.25) is 9.69 Å². The lowest BCUT2D eigenvalue weighted by molar-refractivity contribution is -0.126. The van der Waals surface area contributed by atoms with Gasteiger partial charge in [0.15, 0.2) is 0 Å². The van der Waals surface area contributed by atoms with Gasteiger partial charge in [-0.05, 0) is 14.0 Å². The van der Waals surface area contributed by atoms with Gasteiger partial charge in [0.25, 0.3) is 0 Å². The third-order valence-corrected chi connectivity index (χ3v) is 2.86. The van der Waals surface area contributed by atoms with Gasteiger partial charge in [0.2, 0.25) is 5.91 Å². The summed E-state index contributed by atoms with van der Waals surface area (Å²) in [7, 11) is 1.79. The molecular weight excluding hydrogens is 220 g/mol. The number of hydrogen-bond donors (Lipinski definition) is 3. The van der Waals surface area contributed by atoms with Crippen LogP contribution in [0.3, 0.4) is 0 Å². The van der Waals surface area contributed by atoms with Crippen LogP contribution in [0.1, 0.15) is 13.8 Å². The largest absolute Gasteiger partial charge is 0.396 e. The molecule has 0 saturated heterocycles. The smallest absolute Gasteiger partial charge is 0.237 e. The molecule has 100 valence electrons. The van der Waals surface area contributed by atoms with Gasteiger partial charge in [-0.2, -0.15) is 0 Å². The highest BCUT2D eigenvalue weighted by Gasteiger charge is 2.28. The number of carbonyl (C=O) groups is 1. The van der Waals surface area contributed by atoms with Crippen LogP contribution in [-0.4, -0.2) is 60.4 Å². The second kappa shape index (κ2) is 7.42. The van der Waals surface area contributed by atoms with Crippen LogP contribution in [0.15, 0.2) is 12.7 Å². The number of hydrogen-bond acceptors (Lipinski definition) is 4. The van der Waals surface area contributed by atoms with E-state index in [0.29, 0.717) is 13.1 Å². The second-order valence-electron chi connectivity index (χ2n) is 4.75. The summed E-state index contributed by atoms with van der Waals surface area (Å²) < 4.78 is 0. The number of aliphatic hydroxyl groups is 2. The van der Waals surface area contributed by atoms with Crippen LogP contribution in [-0.2, 0) is 4.79 Å². The number of aliphatic hydroxyl groups excluding tert-OH is 2. The molecule has 0 bridgehead atoms. The van der Waals surface area contributed by atoms with E-state index in [9.17, 15) is 15.0 Å². The number of rotatable bonds is 8. The van der Waals surface area contributed by atoms with Crippen LogP contribution in [0.4, 0.5) is 0 Å². The van der Waals surface area contributed by atoms with Crippen molar-refractivity contribution in [1.29, 1.82) is 0 Å². The topological polar surface area (TPSA) is 72.8 Å². The molecular formula is C12H24N2O3. The van der Waals surface area contributed by atoms with Gasteiger partial charge in [0, 0.05) is 18.5 Å². The zero-order valence-electron chi connectivity index (χ0n) is 10.9. The fourth-order valence-electron chi connectivity index (χ4n) is 1.41. The fourth-order valence-corrected chi connectivity index (χ4v) is 1.41. The van der Waals surface area contributed by atoms with Gasteiger partial charge in [-0.25, -0.2) is 0 Å². The zero-order chi connectivity index (χ0) is 13.5. The van der Waals surface area contributed by atoms with E-state index in [-0.39, 0.29) is 25.2 Å². The van der Waals surface area contributed by atoms with Crippen molar-refractivity contribution in [3.8, 4) is 0 Å². The van der Waals surface area contributed by atoms with Crippen molar-refractivity contribution in [2.24, 2.45) is 5.41 Å². The van der Waals surface area contributed by atoms with E-state index >= 15 is 0 Å². The minimum absolute atomic E-state index is 0.0920. The summed E-state index contributed by atoms with van der Waals surface area (Å²) in [6.07, 6.45) is 1.62. The maximum Gasteiger partial charge on any atom is 0.237 e. The van der Waals surface area contributed by atoms with Crippen molar-refractivity contribution in [1.82, 2.24) is 10.2 Å². The van der Waals surface area contributed by atoms with Gasteiger partial charge < -0.3 is 15.5 Å². The Hall–Kier alpha value is -0.910. The van der Waals surface area contributed by atoms with Crippen LogP contribution in [0.25, 0.3) is 0 Å². The molecule has 0 aromatic rings. The molecule has 0 saturated carbocycles. The summed E-state index contributed by atoms with van der Waals surface area (Å²) >= 11 is 0. The minimum atomic E-state index is -0.596. The highest BCUT2D eigenvalue weighted by Crippen LogP contribution is 2.16. The highest BCUT2D eigenvalue weighted by molar-refractivity contribution is 5.81. The van der Waals surface area contributed by atoms with Gasteiger partial charge in [0.1, 0.15) is 0 Å². The van der Waals surface area contributed by atoms with Gasteiger partial charge in [0.05, 0.1) is 19.3 Å². The monoisotopic (exact) mass is 244 g/mol. The third kappa shape index (κ3) is 5.30. The number of nitrogens with one attached hydrogen (secondary N) is 1. The summed E-state index contributed by atoms with van der Waals surface area (Å²) in [4.78, 5) is 13.5. The van der Waals surface area contributed by atoms with E-state index < -0.39 is 5.41 Å². The molecule has 0 aliphatic carbocycles. The first kappa shape index (κ1) is 16.1. The SMILES string of the molecule is C=CCNC(=O)C(C)N(C)CC(C)(CO)CO. The Morgan fingerprint density at radius 1 is 1.53 bits per heavy atom. The maximum atomic E-state index is 11.7. The standard InChI is InChI=1S/C12H24N2O3/c1-5-6-13-11(17)10(2)14(4)7-12(3,8-15)9-16/h5,10,15-16H,1,6-9H2,2-4H3,(H,13,17). The first-order chi connectivity index (χ1) is 7.90. The van der Waals surface area contributed by atoms with Gasteiger partial charge in [-0.1, -0.05) is 13.0 Å². The molecule has 5 nitrogen and oxygen atoms in total. The van der Waals surface area contributed by atoms with Crippen LogP contribution in [0.2, 0.25) is 0 Å². The molecule has 0 aromatic heterocycles. The van der Waals surface area contributed by atoms with Crippen LogP contribution in [0.5, 0.6) is 0 Å². The van der Waals surface area contributed by atoms with Crippen molar-refractivity contribution in [2.45, 2.75) is 19.9 Å². The number of carbonyl (C=O) groups excluding carboxylic acids is 1. The quantitative estimate of drug-likeness (QED) is 0.508. The van der Waals surface area contributed by atoms with Crippen molar-refractivity contribution in [2.75, 3.05) is 33.4 Å². The summed E-state index contributed by atoms with van der Waals surface area (Å²) in [6.45, 7) is 7.74. The Balaban J connectivity index is 4.34. The van der Waals surface area contributed by atoms with E-state index in [1.54, 1.807) is 27.0 Å². The Labute approximate surface area is 103 Å². The molecule has 0 fully saturated rings. The molecule has 0 aliphatic heterocycles. The Morgan fingerprint density at radius 2 is 2.06 bits per heavy atom. The second-order valence-corrected chi connectivity index (χ2v) is 4.75. The predicted molar refractivity (Wildman–Crippen MR) is 67.6 cm³/mol. The molecule has 1 unspecified atom stereocenters. The van der Waals surface area contributed by atoms with Crippen molar-refractivity contribution in [3.63, 3.8) is 0 Å². The van der Waals surface area contributed by atoms with Crippen LogP contribution in [0, 0.1) is 5.41 Å². The van der Waals surface area contributed by atoms with E-state index in [0.717, 1.165) is 0 Å². The zero-order valence-corrected chi connectivity index (χ0v) is 10.9. The van der Waals surface area contributed by atoms with E-state index in [4.69, 9.17) is 0 Å². The lowest BCUT2D eigenvalue weighted by atomic mass is 9.92. The Bertz CT molecular complexity index is 252. The molecule has 0 spiro atoms. The van der Waals surface area contributed by atoms with Gasteiger partial charge in [-0.15, -0.1) is 6.58 Å². The average Bonchev–Trinajstić information content (AvgIpc) is 2.34. The molecule has 0 rings (SSSR count). The van der Waals surface area contributed by atoms with E-state index in [1.807, 2.05) is 4.90 Å². The predicted octanol–water partition coefficient (Wildman–Crippen LogP) is -0.400. The summed E-state index contributed by atoms with van der Waals surface area (Å²) in [6, 6.07) is -0.313. The molecule has 0 radical (unpaired) electrons. The lowest BCUT2D eigenvalue weighted by Crippen LogP contribution is -2.48. The van der Waals surface area contributed by atoms with Crippen molar-refractivity contribution >= 4 is 5.91 Å². The van der Waals surface area contributed by atoms with E-state index in [1.165, 1.54) is 0 Å². The maximum absolute atomic E-state index is 11.7. The number of likely N-dealkylation sites (N-methyl/N-ethyl adjacent to an activating group) is 1. The molecule has 17 heavy (non-hydrogen) atoms. The van der Waals surface area contributed by atoms with Crippen LogP contribution < -0.4 is 5.32 Å². The van der Waals surface area contributed by atoms with E-state index in [2.05, 4.69) is 11.9 Å². The normalized spacial score (nSPS) is 13.5. The molecule has 1 amide bonds.